The summed E-state index contributed by atoms with van der Waals surface area (Å²) in [7, 11) is 0. The van der Waals surface area contributed by atoms with Crippen molar-refractivity contribution in [2.45, 2.75) is 25.7 Å². The Morgan fingerprint density at radius 1 is 1.12 bits per heavy atom. The standard InChI is InChI=1S/C25H20FN3O4/c1-15(30)33-25-22(16-9-11-19(12-10-16)27-24(31)21-6-3-13-32-21)23(17-7-8-17)28-29(25)20-5-2-4-18(26)14-20/h2-6,9-14,17H,7-8H2,1H3,(H,27,31). The molecule has 0 spiro atoms. The summed E-state index contributed by atoms with van der Waals surface area (Å²) in [5, 5.41) is 7.48. The van der Waals surface area contributed by atoms with Crippen LogP contribution in [-0.4, -0.2) is 21.7 Å². The molecule has 1 aliphatic rings. The lowest BCUT2D eigenvalue weighted by Crippen LogP contribution is -2.10. The Morgan fingerprint density at radius 2 is 1.91 bits per heavy atom. The molecule has 5 rings (SSSR count). The van der Waals surface area contributed by atoms with Crippen molar-refractivity contribution in [1.82, 2.24) is 9.78 Å². The molecule has 1 saturated carbocycles. The third-order valence-electron chi connectivity index (χ3n) is 5.30. The minimum Gasteiger partial charge on any atom is -0.459 e. The number of nitrogens with one attached hydrogen (secondary N) is 1. The molecule has 1 aliphatic carbocycles. The first kappa shape index (κ1) is 20.7. The van der Waals surface area contributed by atoms with Crippen LogP contribution in [0.15, 0.2) is 71.3 Å². The van der Waals surface area contributed by atoms with Crippen LogP contribution in [0.3, 0.4) is 0 Å². The fourth-order valence-electron chi connectivity index (χ4n) is 3.67. The molecule has 1 amide bonds. The second-order valence-corrected chi connectivity index (χ2v) is 7.83. The van der Waals surface area contributed by atoms with E-state index in [9.17, 15) is 14.0 Å². The zero-order valence-corrected chi connectivity index (χ0v) is 17.7. The topological polar surface area (TPSA) is 86.4 Å². The molecule has 2 aromatic carbocycles. The van der Waals surface area contributed by atoms with E-state index in [0.29, 0.717) is 16.9 Å². The van der Waals surface area contributed by atoms with Crippen LogP contribution in [0.25, 0.3) is 16.8 Å². The number of carbonyl (C=O) groups excluding carboxylic acids is 2. The number of aromatic nitrogens is 2. The van der Waals surface area contributed by atoms with Crippen molar-refractivity contribution in [1.29, 1.82) is 0 Å². The van der Waals surface area contributed by atoms with Gasteiger partial charge in [-0.25, -0.2) is 4.39 Å². The normalized spacial score (nSPS) is 13.0. The molecule has 2 heterocycles. The summed E-state index contributed by atoms with van der Waals surface area (Å²) in [6, 6.07) is 16.3. The fraction of sp³-hybridized carbons (Fsp3) is 0.160. The van der Waals surface area contributed by atoms with Crippen molar-refractivity contribution in [2.24, 2.45) is 0 Å². The average molecular weight is 445 g/mol. The molecule has 0 bridgehead atoms. The van der Waals surface area contributed by atoms with Gasteiger partial charge in [0.1, 0.15) is 5.82 Å². The number of carbonyl (C=O) groups is 2. The molecular formula is C25H20FN3O4. The zero-order valence-electron chi connectivity index (χ0n) is 17.7. The number of esters is 1. The molecule has 0 saturated heterocycles. The molecule has 4 aromatic rings. The van der Waals surface area contributed by atoms with Crippen molar-refractivity contribution in [3.8, 4) is 22.7 Å². The highest BCUT2D eigenvalue weighted by Gasteiger charge is 2.34. The first-order valence-corrected chi connectivity index (χ1v) is 10.5. The van der Waals surface area contributed by atoms with Gasteiger partial charge in [-0.3, -0.25) is 9.59 Å². The van der Waals surface area contributed by atoms with Gasteiger partial charge in [0.2, 0.25) is 5.88 Å². The number of ether oxygens (including phenoxy) is 1. The van der Waals surface area contributed by atoms with E-state index < -0.39 is 11.8 Å². The molecule has 33 heavy (non-hydrogen) atoms. The Labute approximate surface area is 188 Å². The summed E-state index contributed by atoms with van der Waals surface area (Å²) < 4.78 is 26.1. The van der Waals surface area contributed by atoms with Gasteiger partial charge < -0.3 is 14.5 Å². The number of amides is 1. The van der Waals surface area contributed by atoms with Gasteiger partial charge in [0, 0.05) is 18.5 Å². The average Bonchev–Trinajstić information content (AvgIpc) is 3.35. The summed E-state index contributed by atoms with van der Waals surface area (Å²) in [5.41, 5.74) is 3.29. The molecule has 8 heteroatoms. The van der Waals surface area contributed by atoms with E-state index in [-0.39, 0.29) is 23.5 Å². The Bertz CT molecular complexity index is 1320. The molecule has 0 radical (unpaired) electrons. The molecule has 0 atom stereocenters. The van der Waals surface area contributed by atoms with Crippen LogP contribution in [0.1, 0.15) is 41.9 Å². The largest absolute Gasteiger partial charge is 0.459 e. The number of nitrogens with zero attached hydrogens (tertiary/aromatic N) is 2. The van der Waals surface area contributed by atoms with Crippen LogP contribution >= 0.6 is 0 Å². The molecule has 2 aromatic heterocycles. The van der Waals surface area contributed by atoms with Crippen LogP contribution in [0, 0.1) is 5.82 Å². The quantitative estimate of drug-likeness (QED) is 0.406. The second-order valence-electron chi connectivity index (χ2n) is 7.83. The predicted octanol–water partition coefficient (Wildman–Crippen LogP) is 5.33. The molecular weight excluding hydrogens is 425 g/mol. The molecule has 0 aliphatic heterocycles. The van der Waals surface area contributed by atoms with Gasteiger partial charge in [0.05, 0.1) is 23.2 Å². The number of hydrogen-bond acceptors (Lipinski definition) is 5. The summed E-state index contributed by atoms with van der Waals surface area (Å²) in [6.07, 6.45) is 3.39. The lowest BCUT2D eigenvalue weighted by molar-refractivity contribution is -0.132. The smallest absolute Gasteiger partial charge is 0.309 e. The maximum Gasteiger partial charge on any atom is 0.309 e. The fourth-order valence-corrected chi connectivity index (χ4v) is 3.67. The number of benzene rings is 2. The monoisotopic (exact) mass is 445 g/mol. The van der Waals surface area contributed by atoms with E-state index in [2.05, 4.69) is 5.32 Å². The molecule has 166 valence electrons. The Balaban J connectivity index is 1.55. The SMILES string of the molecule is CC(=O)Oc1c(-c2ccc(NC(=O)c3ccco3)cc2)c(C2CC2)nn1-c1cccc(F)c1. The van der Waals surface area contributed by atoms with E-state index in [1.165, 1.54) is 30.0 Å². The minimum absolute atomic E-state index is 0.212. The lowest BCUT2D eigenvalue weighted by Gasteiger charge is -2.10. The van der Waals surface area contributed by atoms with Crippen LogP contribution in [0.4, 0.5) is 10.1 Å². The Hall–Kier alpha value is -4.20. The summed E-state index contributed by atoms with van der Waals surface area (Å²) >= 11 is 0. The van der Waals surface area contributed by atoms with E-state index in [0.717, 1.165) is 24.1 Å². The van der Waals surface area contributed by atoms with E-state index in [1.54, 1.807) is 36.4 Å². The minimum atomic E-state index is -0.501. The van der Waals surface area contributed by atoms with Gasteiger partial charge >= 0.3 is 5.97 Å². The Kier molecular flexibility index (Phi) is 5.26. The van der Waals surface area contributed by atoms with Crippen molar-refractivity contribution in [3.05, 3.63) is 84.2 Å². The van der Waals surface area contributed by atoms with E-state index >= 15 is 0 Å². The van der Waals surface area contributed by atoms with Crippen LogP contribution in [-0.2, 0) is 4.79 Å². The van der Waals surface area contributed by atoms with Crippen molar-refractivity contribution < 1.29 is 23.1 Å². The third kappa shape index (κ3) is 4.27. The van der Waals surface area contributed by atoms with Crippen molar-refractivity contribution >= 4 is 17.6 Å². The summed E-state index contributed by atoms with van der Waals surface area (Å²) in [6.45, 7) is 1.32. The molecule has 0 unspecified atom stereocenters. The zero-order chi connectivity index (χ0) is 22.9. The summed E-state index contributed by atoms with van der Waals surface area (Å²) in [4.78, 5) is 24.2. The maximum atomic E-state index is 13.9. The number of halogens is 1. The number of rotatable bonds is 6. The van der Waals surface area contributed by atoms with Crippen molar-refractivity contribution in [2.75, 3.05) is 5.32 Å². The molecule has 7 nitrogen and oxygen atoms in total. The van der Waals surface area contributed by atoms with Crippen LogP contribution < -0.4 is 10.1 Å². The predicted molar refractivity (Wildman–Crippen MR) is 119 cm³/mol. The number of hydrogen-bond donors (Lipinski definition) is 1. The van der Waals surface area contributed by atoms with Gasteiger partial charge in [-0.15, -0.1) is 0 Å². The highest BCUT2D eigenvalue weighted by atomic mass is 19.1. The van der Waals surface area contributed by atoms with Gasteiger partial charge in [-0.1, -0.05) is 18.2 Å². The maximum absolute atomic E-state index is 13.9. The first-order chi connectivity index (χ1) is 16.0. The van der Waals surface area contributed by atoms with E-state index in [1.807, 2.05) is 12.1 Å². The second kappa shape index (κ2) is 8.38. The molecule has 1 fully saturated rings. The first-order valence-electron chi connectivity index (χ1n) is 10.5. The highest BCUT2D eigenvalue weighted by Crippen LogP contribution is 2.48. The van der Waals surface area contributed by atoms with Crippen LogP contribution in [0.2, 0.25) is 0 Å². The third-order valence-corrected chi connectivity index (χ3v) is 5.30. The van der Waals surface area contributed by atoms with Gasteiger partial charge in [-0.2, -0.15) is 9.78 Å². The number of furan rings is 1. The summed E-state index contributed by atoms with van der Waals surface area (Å²) in [5.74, 6) is -0.583. The molecule has 1 N–H and O–H groups in total. The lowest BCUT2D eigenvalue weighted by atomic mass is 10.0. The van der Waals surface area contributed by atoms with Gasteiger partial charge in [0.15, 0.2) is 5.76 Å². The van der Waals surface area contributed by atoms with Crippen LogP contribution in [0.5, 0.6) is 5.88 Å². The Morgan fingerprint density at radius 3 is 2.55 bits per heavy atom. The van der Waals surface area contributed by atoms with Gasteiger partial charge in [0.25, 0.3) is 5.91 Å². The van der Waals surface area contributed by atoms with E-state index in [4.69, 9.17) is 14.3 Å². The van der Waals surface area contributed by atoms with Crippen molar-refractivity contribution in [3.63, 3.8) is 0 Å². The highest BCUT2D eigenvalue weighted by molar-refractivity contribution is 6.02. The number of anilines is 1. The van der Waals surface area contributed by atoms with Gasteiger partial charge in [-0.05, 0) is 60.9 Å².